The highest BCUT2D eigenvalue weighted by molar-refractivity contribution is 6.32. The molecule has 1 aromatic heterocycles. The molecule has 1 aromatic carbocycles. The number of aromatic nitrogens is 1. The second-order valence-electron chi connectivity index (χ2n) is 3.34. The van der Waals surface area contributed by atoms with Crippen LogP contribution in [0.25, 0.3) is 11.1 Å². The Labute approximate surface area is 87.2 Å². The minimum absolute atomic E-state index is 0.242. The molecule has 0 saturated carbocycles. The lowest BCUT2D eigenvalue weighted by Crippen LogP contribution is -2.03. The molecule has 0 atom stereocenters. The largest absolute Gasteiger partial charge is 0.262 e. The number of hydrogen-bond donors (Lipinski definition) is 0. The minimum atomic E-state index is -0.512. The lowest BCUT2D eigenvalue weighted by atomic mass is 9.92. The number of hydrogen-bond acceptors (Lipinski definition) is 1. The molecule has 15 heavy (non-hydrogen) atoms. The Hall–Kier alpha value is -1.71. The van der Waals surface area contributed by atoms with Gasteiger partial charge in [-0.25, -0.2) is 8.78 Å². The summed E-state index contributed by atoms with van der Waals surface area (Å²) in [5.41, 5.74) is 1.41. The molecular weight excluding hydrogens is 195 g/mol. The summed E-state index contributed by atoms with van der Waals surface area (Å²) in [6.45, 7) is 0. The highest BCUT2D eigenvalue weighted by Crippen LogP contribution is 2.23. The van der Waals surface area contributed by atoms with Crippen LogP contribution in [0, 0.1) is 11.6 Å². The highest BCUT2D eigenvalue weighted by atomic mass is 19.1. The molecule has 0 radical (unpaired) electrons. The van der Waals surface area contributed by atoms with Crippen LogP contribution in [0.3, 0.4) is 0 Å². The molecule has 4 heteroatoms. The van der Waals surface area contributed by atoms with Crippen molar-refractivity contribution in [3.05, 3.63) is 48.3 Å². The van der Waals surface area contributed by atoms with Crippen LogP contribution in [0.1, 0.15) is 0 Å². The van der Waals surface area contributed by atoms with Gasteiger partial charge in [0.1, 0.15) is 19.5 Å². The van der Waals surface area contributed by atoms with Crippen LogP contribution in [0.15, 0.2) is 36.7 Å². The Kier molecular flexibility index (Phi) is 2.50. The normalized spacial score (nSPS) is 10.3. The lowest BCUT2D eigenvalue weighted by molar-refractivity contribution is 0.613. The molecular formula is C11H8BF2N. The zero-order valence-electron chi connectivity index (χ0n) is 8.17. The van der Waals surface area contributed by atoms with Gasteiger partial charge in [0.2, 0.25) is 0 Å². The van der Waals surface area contributed by atoms with Crippen molar-refractivity contribution in [2.75, 3.05) is 0 Å². The summed E-state index contributed by atoms with van der Waals surface area (Å²) >= 11 is 0. The van der Waals surface area contributed by atoms with Crippen molar-refractivity contribution in [2.45, 2.75) is 0 Å². The third-order valence-electron chi connectivity index (χ3n) is 2.18. The predicted molar refractivity (Wildman–Crippen MR) is 57.8 cm³/mol. The Morgan fingerprint density at radius 1 is 1.00 bits per heavy atom. The molecule has 0 unspecified atom stereocenters. The van der Waals surface area contributed by atoms with E-state index in [4.69, 9.17) is 0 Å². The van der Waals surface area contributed by atoms with E-state index in [0.29, 0.717) is 0 Å². The fourth-order valence-electron chi connectivity index (χ4n) is 1.44. The highest BCUT2D eigenvalue weighted by Gasteiger charge is 2.09. The average Bonchev–Trinajstić information content (AvgIpc) is 2.23. The van der Waals surface area contributed by atoms with Gasteiger partial charge in [-0.15, -0.1) is 0 Å². The number of pyridine rings is 1. The van der Waals surface area contributed by atoms with Gasteiger partial charge in [0.05, 0.1) is 6.20 Å². The topological polar surface area (TPSA) is 12.9 Å². The van der Waals surface area contributed by atoms with E-state index in [1.165, 1.54) is 18.3 Å². The first kappa shape index (κ1) is 9.83. The molecule has 0 aliphatic carbocycles. The molecule has 74 valence electrons. The molecule has 2 rings (SSSR count). The molecule has 0 spiro atoms. The SMILES string of the molecule is Bc1ccc(F)c(-c2ccncc2F)c1. The summed E-state index contributed by atoms with van der Waals surface area (Å²) in [7, 11) is 1.84. The number of benzene rings is 1. The van der Waals surface area contributed by atoms with Crippen LogP contribution < -0.4 is 5.46 Å². The monoisotopic (exact) mass is 203 g/mol. The van der Waals surface area contributed by atoms with E-state index >= 15 is 0 Å². The fourth-order valence-corrected chi connectivity index (χ4v) is 1.44. The van der Waals surface area contributed by atoms with E-state index in [-0.39, 0.29) is 11.1 Å². The third-order valence-corrected chi connectivity index (χ3v) is 2.18. The third kappa shape index (κ3) is 1.88. The first-order valence-electron chi connectivity index (χ1n) is 4.54. The maximum Gasteiger partial charge on any atom is 0.149 e. The molecule has 0 aliphatic heterocycles. The lowest BCUT2D eigenvalue weighted by Gasteiger charge is -2.05. The van der Waals surface area contributed by atoms with Crippen molar-refractivity contribution in [3.8, 4) is 11.1 Å². The molecule has 0 saturated heterocycles. The van der Waals surface area contributed by atoms with Gasteiger partial charge in [-0.1, -0.05) is 17.6 Å². The van der Waals surface area contributed by atoms with E-state index in [1.54, 1.807) is 12.1 Å². The summed E-state index contributed by atoms with van der Waals surface area (Å²) < 4.78 is 26.8. The predicted octanol–water partition coefficient (Wildman–Crippen LogP) is 1.29. The average molecular weight is 203 g/mol. The molecule has 1 heterocycles. The van der Waals surface area contributed by atoms with Crippen LogP contribution in [-0.4, -0.2) is 12.8 Å². The Morgan fingerprint density at radius 2 is 1.80 bits per heavy atom. The molecule has 0 bridgehead atoms. The fraction of sp³-hybridized carbons (Fsp3) is 0. The minimum Gasteiger partial charge on any atom is -0.262 e. The Balaban J connectivity index is 2.64. The van der Waals surface area contributed by atoms with Crippen LogP contribution >= 0.6 is 0 Å². The van der Waals surface area contributed by atoms with Gasteiger partial charge in [-0.05, 0) is 12.1 Å². The molecule has 1 nitrogen and oxygen atoms in total. The van der Waals surface area contributed by atoms with E-state index in [9.17, 15) is 8.78 Å². The van der Waals surface area contributed by atoms with Crippen LogP contribution in [0.2, 0.25) is 0 Å². The van der Waals surface area contributed by atoms with E-state index in [0.717, 1.165) is 11.7 Å². The van der Waals surface area contributed by atoms with E-state index in [2.05, 4.69) is 4.98 Å². The van der Waals surface area contributed by atoms with Crippen molar-refractivity contribution in [1.82, 2.24) is 4.98 Å². The van der Waals surface area contributed by atoms with E-state index < -0.39 is 11.6 Å². The molecule has 0 aliphatic rings. The van der Waals surface area contributed by atoms with Crippen LogP contribution in [0.4, 0.5) is 8.78 Å². The van der Waals surface area contributed by atoms with Gasteiger partial charge in [0.25, 0.3) is 0 Å². The number of nitrogens with zero attached hydrogens (tertiary/aromatic N) is 1. The van der Waals surface area contributed by atoms with Crippen molar-refractivity contribution in [1.29, 1.82) is 0 Å². The second kappa shape index (κ2) is 3.81. The summed E-state index contributed by atoms with van der Waals surface area (Å²) in [6.07, 6.45) is 2.53. The van der Waals surface area contributed by atoms with Gasteiger partial charge in [0, 0.05) is 17.3 Å². The quantitative estimate of drug-likeness (QED) is 0.636. The van der Waals surface area contributed by atoms with Gasteiger partial charge < -0.3 is 0 Å². The molecule has 2 aromatic rings. The maximum absolute atomic E-state index is 13.4. The Bertz CT molecular complexity index is 500. The summed E-state index contributed by atoms with van der Waals surface area (Å²) in [4.78, 5) is 3.63. The summed E-state index contributed by atoms with van der Waals surface area (Å²) in [5.74, 6) is -0.937. The van der Waals surface area contributed by atoms with E-state index in [1.807, 2.05) is 7.85 Å². The summed E-state index contributed by atoms with van der Waals surface area (Å²) in [6, 6.07) is 6.07. The smallest absolute Gasteiger partial charge is 0.149 e. The standard InChI is InChI=1S/C11H8BF2N/c12-7-1-2-10(13)9(5-7)8-3-4-15-6-11(8)14/h1-6H,12H2. The second-order valence-corrected chi connectivity index (χ2v) is 3.34. The number of rotatable bonds is 1. The summed E-state index contributed by atoms with van der Waals surface area (Å²) in [5, 5.41) is 0. The van der Waals surface area contributed by atoms with Gasteiger partial charge >= 0.3 is 0 Å². The zero-order chi connectivity index (χ0) is 10.8. The number of halogens is 2. The van der Waals surface area contributed by atoms with Crippen LogP contribution in [-0.2, 0) is 0 Å². The molecule has 0 N–H and O–H groups in total. The first-order valence-corrected chi connectivity index (χ1v) is 4.54. The van der Waals surface area contributed by atoms with Crippen LogP contribution in [0.5, 0.6) is 0 Å². The first-order chi connectivity index (χ1) is 7.18. The molecule has 0 amide bonds. The van der Waals surface area contributed by atoms with Gasteiger partial charge in [-0.3, -0.25) is 4.98 Å². The van der Waals surface area contributed by atoms with Crippen molar-refractivity contribution >= 4 is 13.3 Å². The van der Waals surface area contributed by atoms with Crippen molar-refractivity contribution < 1.29 is 8.78 Å². The Morgan fingerprint density at radius 3 is 2.53 bits per heavy atom. The molecule has 0 fully saturated rings. The zero-order valence-corrected chi connectivity index (χ0v) is 8.17. The maximum atomic E-state index is 13.4. The van der Waals surface area contributed by atoms with Gasteiger partial charge in [0.15, 0.2) is 0 Å². The van der Waals surface area contributed by atoms with Crippen molar-refractivity contribution in [3.63, 3.8) is 0 Å². The van der Waals surface area contributed by atoms with Gasteiger partial charge in [-0.2, -0.15) is 0 Å². The van der Waals surface area contributed by atoms with Crippen molar-refractivity contribution in [2.24, 2.45) is 0 Å².